The average molecular weight is 348 g/mol. The molecule has 1 aromatic heterocycles. The monoisotopic (exact) mass is 348 g/mol. The highest BCUT2D eigenvalue weighted by atomic mass is 16.5. The molecule has 1 aromatic rings. The van der Waals surface area contributed by atoms with Gasteiger partial charge in [0, 0.05) is 32.0 Å². The standard InChI is InChI=1S/C19H28N2O4/c1-4-24-17-11-16(19(17)9-5-6-10-19)21(3)18(23)15-8-7-14(25-15)12-20-13(2)22/h7-8,16-17H,4-6,9-12H2,1-3H3,(H,20,22)/t16-,17+/m1/s1. The van der Waals surface area contributed by atoms with Crippen LogP contribution in [-0.2, 0) is 16.1 Å². The summed E-state index contributed by atoms with van der Waals surface area (Å²) in [5.41, 5.74) is 0.117. The third-order valence-electron chi connectivity index (χ3n) is 5.82. The number of carbonyl (C=O) groups is 2. The summed E-state index contributed by atoms with van der Waals surface area (Å²) in [6.07, 6.45) is 5.85. The number of furan rings is 1. The van der Waals surface area contributed by atoms with Crippen LogP contribution < -0.4 is 5.32 Å². The van der Waals surface area contributed by atoms with Gasteiger partial charge in [-0.25, -0.2) is 0 Å². The summed E-state index contributed by atoms with van der Waals surface area (Å²) in [6, 6.07) is 3.64. The van der Waals surface area contributed by atoms with Gasteiger partial charge in [0.2, 0.25) is 5.91 Å². The van der Waals surface area contributed by atoms with Crippen molar-refractivity contribution in [3.8, 4) is 0 Å². The van der Waals surface area contributed by atoms with Crippen LogP contribution in [0, 0.1) is 5.41 Å². The zero-order valence-electron chi connectivity index (χ0n) is 15.3. The fourth-order valence-corrected chi connectivity index (χ4v) is 4.51. The van der Waals surface area contributed by atoms with Gasteiger partial charge in [-0.05, 0) is 38.3 Å². The van der Waals surface area contributed by atoms with Crippen molar-refractivity contribution in [3.05, 3.63) is 23.7 Å². The zero-order chi connectivity index (χ0) is 18.0. The zero-order valence-corrected chi connectivity index (χ0v) is 15.3. The third-order valence-corrected chi connectivity index (χ3v) is 5.82. The van der Waals surface area contributed by atoms with Gasteiger partial charge < -0.3 is 19.4 Å². The number of rotatable bonds is 6. The van der Waals surface area contributed by atoms with Gasteiger partial charge in [0.25, 0.3) is 5.91 Å². The van der Waals surface area contributed by atoms with Gasteiger partial charge in [-0.1, -0.05) is 12.8 Å². The topological polar surface area (TPSA) is 71.8 Å². The van der Waals surface area contributed by atoms with E-state index in [-0.39, 0.29) is 29.4 Å². The van der Waals surface area contributed by atoms with Crippen molar-refractivity contribution in [3.63, 3.8) is 0 Å². The summed E-state index contributed by atoms with van der Waals surface area (Å²) >= 11 is 0. The fourth-order valence-electron chi connectivity index (χ4n) is 4.51. The summed E-state index contributed by atoms with van der Waals surface area (Å²) in [5, 5.41) is 2.67. The van der Waals surface area contributed by atoms with Crippen molar-refractivity contribution in [1.29, 1.82) is 0 Å². The summed E-state index contributed by atoms with van der Waals surface area (Å²) in [5.74, 6) is 0.695. The van der Waals surface area contributed by atoms with Crippen LogP contribution in [0.5, 0.6) is 0 Å². The molecule has 2 aliphatic rings. The van der Waals surface area contributed by atoms with Crippen molar-refractivity contribution >= 4 is 11.8 Å². The van der Waals surface area contributed by atoms with Crippen molar-refractivity contribution in [2.45, 2.75) is 64.6 Å². The van der Waals surface area contributed by atoms with E-state index in [9.17, 15) is 9.59 Å². The first-order chi connectivity index (χ1) is 12.0. The highest BCUT2D eigenvalue weighted by molar-refractivity contribution is 5.91. The Kier molecular flexibility index (Phi) is 5.18. The number of ether oxygens (including phenoxy) is 1. The first-order valence-corrected chi connectivity index (χ1v) is 9.20. The van der Waals surface area contributed by atoms with Crippen molar-refractivity contribution in [2.24, 2.45) is 5.41 Å². The molecule has 2 amide bonds. The van der Waals surface area contributed by atoms with E-state index in [0.29, 0.717) is 18.1 Å². The molecule has 1 heterocycles. The molecule has 25 heavy (non-hydrogen) atoms. The Morgan fingerprint density at radius 3 is 2.72 bits per heavy atom. The van der Waals surface area contributed by atoms with Crippen LogP contribution >= 0.6 is 0 Å². The smallest absolute Gasteiger partial charge is 0.289 e. The van der Waals surface area contributed by atoms with Crippen LogP contribution in [0.15, 0.2) is 16.5 Å². The molecule has 0 unspecified atom stereocenters. The van der Waals surface area contributed by atoms with E-state index in [1.54, 1.807) is 12.1 Å². The molecule has 2 atom stereocenters. The predicted molar refractivity (Wildman–Crippen MR) is 93.0 cm³/mol. The Balaban J connectivity index is 1.67. The molecule has 0 radical (unpaired) electrons. The molecule has 138 valence electrons. The van der Waals surface area contributed by atoms with Gasteiger partial charge in [-0.15, -0.1) is 0 Å². The Labute approximate surface area is 148 Å². The first kappa shape index (κ1) is 18.0. The molecule has 3 rings (SSSR count). The summed E-state index contributed by atoms with van der Waals surface area (Å²) in [7, 11) is 1.87. The number of hydrogen-bond acceptors (Lipinski definition) is 4. The maximum atomic E-state index is 12.8. The minimum Gasteiger partial charge on any atom is -0.454 e. The second-order valence-corrected chi connectivity index (χ2v) is 7.23. The van der Waals surface area contributed by atoms with Crippen LogP contribution in [0.4, 0.5) is 0 Å². The van der Waals surface area contributed by atoms with Crippen molar-refractivity contribution in [1.82, 2.24) is 10.2 Å². The van der Waals surface area contributed by atoms with E-state index in [1.807, 2.05) is 18.9 Å². The first-order valence-electron chi connectivity index (χ1n) is 9.20. The minimum absolute atomic E-state index is 0.0969. The molecule has 6 heteroatoms. The Hall–Kier alpha value is -1.82. The summed E-state index contributed by atoms with van der Waals surface area (Å²) in [6.45, 7) is 4.51. The lowest BCUT2D eigenvalue weighted by atomic mass is 9.60. The van der Waals surface area contributed by atoms with Gasteiger partial charge in [0.1, 0.15) is 5.76 Å². The highest BCUT2D eigenvalue weighted by Gasteiger charge is 2.59. The highest BCUT2D eigenvalue weighted by Crippen LogP contribution is 2.56. The molecule has 1 spiro atoms. The number of carbonyl (C=O) groups excluding carboxylic acids is 2. The molecular formula is C19H28N2O4. The van der Waals surface area contributed by atoms with Gasteiger partial charge in [0.05, 0.1) is 12.6 Å². The van der Waals surface area contributed by atoms with Gasteiger partial charge in [-0.3, -0.25) is 9.59 Å². The normalized spacial score (nSPS) is 24.1. The Morgan fingerprint density at radius 1 is 1.36 bits per heavy atom. The Bertz CT molecular complexity index is 633. The molecule has 1 N–H and O–H groups in total. The molecule has 2 saturated carbocycles. The maximum Gasteiger partial charge on any atom is 0.289 e. The van der Waals surface area contributed by atoms with E-state index in [4.69, 9.17) is 9.15 Å². The maximum absolute atomic E-state index is 12.8. The molecule has 6 nitrogen and oxygen atoms in total. The average Bonchev–Trinajstić information content (AvgIpc) is 3.25. The fraction of sp³-hybridized carbons (Fsp3) is 0.684. The quantitative estimate of drug-likeness (QED) is 0.858. The Morgan fingerprint density at radius 2 is 2.08 bits per heavy atom. The van der Waals surface area contributed by atoms with Crippen LogP contribution in [-0.4, -0.2) is 42.5 Å². The molecule has 0 aliphatic heterocycles. The lowest BCUT2D eigenvalue weighted by molar-refractivity contribution is -0.152. The minimum atomic E-state index is -0.124. The lowest BCUT2D eigenvalue weighted by Crippen LogP contribution is -2.63. The number of nitrogens with one attached hydrogen (secondary N) is 1. The molecule has 0 bridgehead atoms. The molecule has 0 aromatic carbocycles. The number of amides is 2. The van der Waals surface area contributed by atoms with E-state index < -0.39 is 0 Å². The molecule has 2 aliphatic carbocycles. The SMILES string of the molecule is CCO[C@H]1C[C@@H](N(C)C(=O)c2ccc(CNC(C)=O)o2)C12CCCC2. The van der Waals surface area contributed by atoms with Crippen LogP contribution in [0.1, 0.15) is 62.3 Å². The second-order valence-electron chi connectivity index (χ2n) is 7.23. The second kappa shape index (κ2) is 7.20. The number of hydrogen-bond donors (Lipinski definition) is 1. The van der Waals surface area contributed by atoms with Crippen LogP contribution in [0.2, 0.25) is 0 Å². The van der Waals surface area contributed by atoms with Gasteiger partial charge in [0.15, 0.2) is 5.76 Å². The van der Waals surface area contributed by atoms with Crippen molar-refractivity contribution in [2.75, 3.05) is 13.7 Å². The molecular weight excluding hydrogens is 320 g/mol. The van der Waals surface area contributed by atoms with E-state index >= 15 is 0 Å². The summed E-state index contributed by atoms with van der Waals surface area (Å²) < 4.78 is 11.6. The van der Waals surface area contributed by atoms with Gasteiger partial charge in [-0.2, -0.15) is 0 Å². The molecule has 2 fully saturated rings. The van der Waals surface area contributed by atoms with Crippen LogP contribution in [0.3, 0.4) is 0 Å². The van der Waals surface area contributed by atoms with E-state index in [1.165, 1.54) is 19.8 Å². The van der Waals surface area contributed by atoms with Gasteiger partial charge >= 0.3 is 0 Å². The third kappa shape index (κ3) is 3.32. The predicted octanol–water partition coefficient (Wildman–Crippen LogP) is 2.73. The van der Waals surface area contributed by atoms with Crippen molar-refractivity contribution < 1.29 is 18.7 Å². The summed E-state index contributed by atoms with van der Waals surface area (Å²) in [4.78, 5) is 25.7. The van der Waals surface area contributed by atoms with E-state index in [2.05, 4.69) is 5.32 Å². The number of nitrogens with zero attached hydrogens (tertiary/aromatic N) is 1. The van der Waals surface area contributed by atoms with E-state index in [0.717, 1.165) is 25.9 Å². The largest absolute Gasteiger partial charge is 0.454 e. The molecule has 0 saturated heterocycles. The van der Waals surface area contributed by atoms with Crippen LogP contribution in [0.25, 0.3) is 0 Å². The lowest BCUT2D eigenvalue weighted by Gasteiger charge is -2.56.